The highest BCUT2D eigenvalue weighted by Crippen LogP contribution is 2.24. The fourth-order valence-corrected chi connectivity index (χ4v) is 3.60. The number of Topliss-reactive ketones (excluding diaryl/α,β-unsaturated/α-hetero) is 1. The predicted molar refractivity (Wildman–Crippen MR) is 103 cm³/mol. The normalized spacial score (nSPS) is 16.3. The second-order valence-electron chi connectivity index (χ2n) is 6.20. The minimum atomic E-state index is -0.501. The molecule has 0 aliphatic carbocycles. The van der Waals surface area contributed by atoms with Gasteiger partial charge < -0.3 is 9.47 Å². The van der Waals surface area contributed by atoms with E-state index in [-0.39, 0.29) is 5.78 Å². The molecule has 0 aromatic heterocycles. The molecular weight excluding hydrogens is 342 g/mol. The molecule has 0 unspecified atom stereocenters. The highest BCUT2D eigenvalue weighted by molar-refractivity contribution is 7.99. The number of benzene rings is 1. The highest BCUT2D eigenvalue weighted by Gasteiger charge is 2.35. The van der Waals surface area contributed by atoms with E-state index in [1.165, 1.54) is 0 Å². The van der Waals surface area contributed by atoms with Gasteiger partial charge in [0.15, 0.2) is 5.78 Å². The predicted octanol–water partition coefficient (Wildman–Crippen LogP) is 3.02. The first-order valence-electron chi connectivity index (χ1n) is 8.35. The molecule has 0 amide bonds. The Bertz CT molecular complexity index is 514. The van der Waals surface area contributed by atoms with Crippen LogP contribution < -0.4 is 0 Å². The van der Waals surface area contributed by atoms with Crippen molar-refractivity contribution in [2.24, 2.45) is 0 Å². The van der Waals surface area contributed by atoms with Crippen molar-refractivity contribution in [3.63, 3.8) is 0 Å². The van der Waals surface area contributed by atoms with Gasteiger partial charge in [0.2, 0.25) is 0 Å². The first-order chi connectivity index (χ1) is 11.6. The van der Waals surface area contributed by atoms with Crippen LogP contribution in [0.5, 0.6) is 0 Å². The Morgan fingerprint density at radius 2 is 1.92 bits per heavy atom. The van der Waals surface area contributed by atoms with Crippen LogP contribution in [0.25, 0.3) is 0 Å². The molecule has 0 atom stereocenters. The minimum Gasteiger partial charge on any atom is -0.380 e. The smallest absolute Gasteiger partial charge is 0.182 e. The van der Waals surface area contributed by atoms with Crippen LogP contribution in [0.1, 0.15) is 24.2 Å². The molecule has 134 valence electrons. The minimum absolute atomic E-state index is 0.165. The molecule has 0 spiro atoms. The summed E-state index contributed by atoms with van der Waals surface area (Å²) in [5, 5.41) is 0. The first kappa shape index (κ1) is 19.8. The van der Waals surface area contributed by atoms with E-state index in [1.807, 2.05) is 38.1 Å². The number of thioether (sulfide) groups is 1. The van der Waals surface area contributed by atoms with Gasteiger partial charge >= 0.3 is 0 Å². The number of hydrogen-bond donors (Lipinski definition) is 1. The van der Waals surface area contributed by atoms with Crippen molar-refractivity contribution in [3.05, 3.63) is 29.8 Å². The summed E-state index contributed by atoms with van der Waals surface area (Å²) in [5.41, 5.74) is 0.265. The van der Waals surface area contributed by atoms with Crippen LogP contribution in [0.4, 0.5) is 0 Å². The van der Waals surface area contributed by atoms with Crippen LogP contribution in [-0.4, -0.2) is 67.2 Å². The van der Waals surface area contributed by atoms with E-state index in [1.54, 1.807) is 11.8 Å². The number of rotatable bonds is 9. The number of ether oxygens (including phenoxy) is 2. The Balaban J connectivity index is 1.90. The second kappa shape index (κ2) is 9.82. The zero-order valence-corrected chi connectivity index (χ0v) is 16.2. The van der Waals surface area contributed by atoms with Gasteiger partial charge in [-0.2, -0.15) is 12.6 Å². The number of morpholine rings is 1. The molecule has 1 aromatic carbocycles. The molecule has 1 aliphatic heterocycles. The third kappa shape index (κ3) is 5.49. The number of carbonyl (C=O) groups is 1. The largest absolute Gasteiger partial charge is 0.380 e. The number of carbonyl (C=O) groups excluding carboxylic acids is 1. The number of nitrogens with zero attached hydrogens (tertiary/aromatic N) is 1. The van der Waals surface area contributed by atoms with Gasteiger partial charge in [-0.05, 0) is 26.0 Å². The van der Waals surface area contributed by atoms with Gasteiger partial charge in [-0.15, -0.1) is 11.8 Å². The number of thiol groups is 1. The van der Waals surface area contributed by atoms with Crippen LogP contribution in [0.3, 0.4) is 0 Å². The van der Waals surface area contributed by atoms with E-state index in [4.69, 9.17) is 9.47 Å². The van der Waals surface area contributed by atoms with E-state index in [2.05, 4.69) is 17.5 Å². The first-order valence-corrected chi connectivity index (χ1v) is 9.96. The second-order valence-corrected chi connectivity index (χ2v) is 7.81. The summed E-state index contributed by atoms with van der Waals surface area (Å²) in [6.07, 6.45) is 0. The average Bonchev–Trinajstić information content (AvgIpc) is 2.62. The Morgan fingerprint density at radius 1 is 1.25 bits per heavy atom. The molecule has 0 saturated carbocycles. The lowest BCUT2D eigenvalue weighted by atomic mass is 9.91. The van der Waals surface area contributed by atoms with Gasteiger partial charge in [-0.25, -0.2) is 0 Å². The van der Waals surface area contributed by atoms with Crippen molar-refractivity contribution in [1.82, 2.24) is 4.90 Å². The lowest BCUT2D eigenvalue weighted by Crippen LogP contribution is -2.54. The number of ketones is 1. The maximum absolute atomic E-state index is 12.9. The van der Waals surface area contributed by atoms with Crippen molar-refractivity contribution in [1.29, 1.82) is 0 Å². The maximum Gasteiger partial charge on any atom is 0.182 e. The summed E-state index contributed by atoms with van der Waals surface area (Å²) in [4.78, 5) is 16.3. The zero-order chi connectivity index (χ0) is 17.4. The molecule has 1 saturated heterocycles. The molecule has 2 rings (SSSR count). The van der Waals surface area contributed by atoms with E-state index >= 15 is 0 Å². The highest BCUT2D eigenvalue weighted by atomic mass is 32.2. The molecule has 6 heteroatoms. The Kier molecular flexibility index (Phi) is 8.10. The van der Waals surface area contributed by atoms with E-state index in [9.17, 15) is 4.79 Å². The summed E-state index contributed by atoms with van der Waals surface area (Å²) in [7, 11) is 0. The van der Waals surface area contributed by atoms with Crippen molar-refractivity contribution >= 4 is 30.2 Å². The molecule has 1 heterocycles. The topological polar surface area (TPSA) is 38.8 Å². The fraction of sp³-hybridized carbons (Fsp3) is 0.611. The third-order valence-electron chi connectivity index (χ3n) is 4.21. The molecule has 1 aromatic rings. The van der Waals surface area contributed by atoms with Crippen molar-refractivity contribution in [2.45, 2.75) is 24.3 Å². The summed E-state index contributed by atoms with van der Waals surface area (Å²) in [6, 6.07) is 7.90. The molecule has 0 bridgehead atoms. The van der Waals surface area contributed by atoms with Gasteiger partial charge in [-0.3, -0.25) is 9.69 Å². The van der Waals surface area contributed by atoms with Gasteiger partial charge in [-0.1, -0.05) is 12.1 Å². The van der Waals surface area contributed by atoms with Crippen LogP contribution >= 0.6 is 24.4 Å². The van der Waals surface area contributed by atoms with E-state index < -0.39 is 5.54 Å². The van der Waals surface area contributed by atoms with Crippen molar-refractivity contribution in [3.8, 4) is 0 Å². The lowest BCUT2D eigenvalue weighted by Gasteiger charge is -2.39. The van der Waals surface area contributed by atoms with E-state index in [0.717, 1.165) is 41.7 Å². The Hall–Kier alpha value is -0.530. The number of hydrogen-bond acceptors (Lipinski definition) is 6. The summed E-state index contributed by atoms with van der Waals surface area (Å²) in [6.45, 7) is 8.41. The molecule has 24 heavy (non-hydrogen) atoms. The molecular formula is C18H27NO3S2. The standard InChI is InChI=1S/C18H27NO3S2/c1-18(2,19-7-9-21-10-8-19)17(20)15-3-5-16(6-4-15)24-14-12-22-11-13-23/h3-6,23H,7-14H2,1-2H3. The lowest BCUT2D eigenvalue weighted by molar-refractivity contribution is -0.00430. The van der Waals surface area contributed by atoms with Gasteiger partial charge in [0, 0.05) is 35.1 Å². The quantitative estimate of drug-likeness (QED) is 0.313. The Morgan fingerprint density at radius 3 is 2.54 bits per heavy atom. The van der Waals surface area contributed by atoms with Crippen LogP contribution in [0.2, 0.25) is 0 Å². The Labute approximate surface area is 154 Å². The summed E-state index contributed by atoms with van der Waals surface area (Å²) in [5.74, 6) is 1.82. The van der Waals surface area contributed by atoms with Crippen LogP contribution in [0.15, 0.2) is 29.2 Å². The third-order valence-corrected chi connectivity index (χ3v) is 5.36. The molecule has 1 fully saturated rings. The maximum atomic E-state index is 12.9. The van der Waals surface area contributed by atoms with Gasteiger partial charge in [0.25, 0.3) is 0 Å². The van der Waals surface area contributed by atoms with Crippen molar-refractivity contribution < 1.29 is 14.3 Å². The zero-order valence-electron chi connectivity index (χ0n) is 14.5. The fourth-order valence-electron chi connectivity index (χ4n) is 2.71. The average molecular weight is 370 g/mol. The monoisotopic (exact) mass is 369 g/mol. The van der Waals surface area contributed by atoms with Gasteiger partial charge in [0.05, 0.1) is 32.0 Å². The van der Waals surface area contributed by atoms with Gasteiger partial charge in [0.1, 0.15) is 0 Å². The molecule has 1 aliphatic rings. The van der Waals surface area contributed by atoms with Crippen molar-refractivity contribution in [2.75, 3.05) is 51.0 Å². The van der Waals surface area contributed by atoms with E-state index in [0.29, 0.717) is 19.8 Å². The molecule has 0 N–H and O–H groups in total. The SMILES string of the molecule is CC(C)(C(=O)c1ccc(SCCOCCS)cc1)N1CCOCC1. The summed E-state index contributed by atoms with van der Waals surface area (Å²) < 4.78 is 10.8. The molecule has 0 radical (unpaired) electrons. The summed E-state index contributed by atoms with van der Waals surface area (Å²) >= 11 is 5.85. The molecule has 4 nitrogen and oxygen atoms in total. The van der Waals surface area contributed by atoms with Crippen LogP contribution in [0, 0.1) is 0 Å². The van der Waals surface area contributed by atoms with Crippen LogP contribution in [-0.2, 0) is 9.47 Å².